The lowest BCUT2D eigenvalue weighted by Gasteiger charge is -2.28. The van der Waals surface area contributed by atoms with Crippen molar-refractivity contribution >= 4 is 21.6 Å². The van der Waals surface area contributed by atoms with Gasteiger partial charge in [-0.2, -0.15) is 0 Å². The number of amides is 1. The molecule has 0 heterocycles. The van der Waals surface area contributed by atoms with E-state index in [2.05, 4.69) is 5.32 Å². The highest BCUT2D eigenvalue weighted by molar-refractivity contribution is 7.92. The number of benzene rings is 2. The Kier molecular flexibility index (Phi) is 8.74. The Balaban J connectivity index is 1.97. The highest BCUT2D eigenvalue weighted by Gasteiger charge is 2.29. The summed E-state index contributed by atoms with van der Waals surface area (Å²) in [7, 11) is -2.17. The summed E-state index contributed by atoms with van der Waals surface area (Å²) in [6.07, 6.45) is 2.69. The molecule has 0 saturated heterocycles. The molecule has 31 heavy (non-hydrogen) atoms. The van der Waals surface area contributed by atoms with Crippen LogP contribution in [0, 0.1) is 0 Å². The second-order valence-electron chi connectivity index (χ2n) is 7.64. The van der Waals surface area contributed by atoms with Gasteiger partial charge in [0, 0.05) is 12.6 Å². The van der Waals surface area contributed by atoms with Gasteiger partial charge in [0.05, 0.1) is 25.2 Å². The van der Waals surface area contributed by atoms with Gasteiger partial charge in [-0.25, -0.2) is 8.42 Å². The van der Waals surface area contributed by atoms with Crippen LogP contribution >= 0.6 is 0 Å². The monoisotopic (exact) mass is 448 g/mol. The number of carbonyl (C=O) groups is 1. The van der Waals surface area contributed by atoms with Crippen LogP contribution in [-0.2, 0) is 21.2 Å². The van der Waals surface area contributed by atoms with Gasteiger partial charge in [0.1, 0.15) is 17.5 Å². The van der Waals surface area contributed by atoms with Crippen LogP contribution in [0.2, 0.25) is 0 Å². The van der Waals surface area contributed by atoms with E-state index < -0.39 is 16.1 Å². The zero-order chi connectivity index (χ0) is 23.0. The minimum atomic E-state index is -3.67. The summed E-state index contributed by atoms with van der Waals surface area (Å²) in [5.41, 5.74) is 1.50. The van der Waals surface area contributed by atoms with Gasteiger partial charge in [0.15, 0.2) is 0 Å². The predicted octanol–water partition coefficient (Wildman–Crippen LogP) is 3.39. The maximum Gasteiger partial charge on any atom is 0.243 e. The van der Waals surface area contributed by atoms with Crippen LogP contribution in [0.25, 0.3) is 0 Å². The second-order valence-corrected chi connectivity index (χ2v) is 9.50. The smallest absolute Gasteiger partial charge is 0.243 e. The number of rotatable bonds is 11. The number of aryl methyl sites for hydroxylation is 1. The molecule has 0 spiro atoms. The summed E-state index contributed by atoms with van der Waals surface area (Å²) < 4.78 is 36.8. The second kappa shape index (κ2) is 11.0. The van der Waals surface area contributed by atoms with Crippen molar-refractivity contribution in [2.75, 3.05) is 24.2 Å². The molecule has 0 aromatic heterocycles. The first kappa shape index (κ1) is 24.5. The quantitative estimate of drug-likeness (QED) is 0.533. The van der Waals surface area contributed by atoms with E-state index in [1.807, 2.05) is 38.1 Å². The summed E-state index contributed by atoms with van der Waals surface area (Å²) in [6.45, 7) is 5.97. The zero-order valence-electron chi connectivity index (χ0n) is 18.8. The Labute approximate surface area is 185 Å². The van der Waals surface area contributed by atoms with Gasteiger partial charge in [-0.1, -0.05) is 18.2 Å². The van der Waals surface area contributed by atoms with E-state index in [1.54, 1.807) is 31.2 Å². The Morgan fingerprint density at radius 3 is 2.39 bits per heavy atom. The number of ether oxygens (including phenoxy) is 2. The third-order valence-corrected chi connectivity index (χ3v) is 5.85. The van der Waals surface area contributed by atoms with Crippen LogP contribution in [-0.4, -0.2) is 46.4 Å². The SMILES string of the molecule is COc1cccc(N(C(C)C(=O)NCCCc2cccc(OC(C)C)c2)S(C)(=O)=O)c1. The normalized spacial score (nSPS) is 12.3. The van der Waals surface area contributed by atoms with Crippen LogP contribution < -0.4 is 19.1 Å². The van der Waals surface area contributed by atoms with Crippen molar-refractivity contribution in [2.45, 2.75) is 45.8 Å². The topological polar surface area (TPSA) is 84.9 Å². The molecule has 1 unspecified atom stereocenters. The third kappa shape index (κ3) is 7.47. The van der Waals surface area contributed by atoms with Crippen molar-refractivity contribution in [1.82, 2.24) is 5.32 Å². The van der Waals surface area contributed by atoms with E-state index in [9.17, 15) is 13.2 Å². The Hall–Kier alpha value is -2.74. The Morgan fingerprint density at radius 1 is 1.06 bits per heavy atom. The third-order valence-electron chi connectivity index (χ3n) is 4.61. The summed E-state index contributed by atoms with van der Waals surface area (Å²) in [5.74, 6) is 0.986. The summed E-state index contributed by atoms with van der Waals surface area (Å²) in [6, 6.07) is 13.6. The summed E-state index contributed by atoms with van der Waals surface area (Å²) >= 11 is 0. The fourth-order valence-electron chi connectivity index (χ4n) is 3.25. The molecule has 170 valence electrons. The number of hydrogen-bond donors (Lipinski definition) is 1. The van der Waals surface area contributed by atoms with Gasteiger partial charge >= 0.3 is 0 Å². The van der Waals surface area contributed by atoms with Gasteiger partial charge in [-0.3, -0.25) is 9.10 Å². The lowest BCUT2D eigenvalue weighted by molar-refractivity contribution is -0.121. The molecule has 8 heteroatoms. The van der Waals surface area contributed by atoms with Gasteiger partial charge in [0.2, 0.25) is 15.9 Å². The molecule has 2 aromatic carbocycles. The summed E-state index contributed by atoms with van der Waals surface area (Å²) in [5, 5.41) is 2.84. The van der Waals surface area contributed by atoms with E-state index in [-0.39, 0.29) is 12.0 Å². The van der Waals surface area contributed by atoms with E-state index >= 15 is 0 Å². The molecule has 2 aromatic rings. The summed E-state index contributed by atoms with van der Waals surface area (Å²) in [4.78, 5) is 12.7. The average molecular weight is 449 g/mol. The number of hydrogen-bond acceptors (Lipinski definition) is 5. The molecule has 2 rings (SSSR count). The lowest BCUT2D eigenvalue weighted by atomic mass is 10.1. The van der Waals surface area contributed by atoms with Gasteiger partial charge in [-0.05, 0) is 63.4 Å². The Morgan fingerprint density at radius 2 is 1.74 bits per heavy atom. The number of methoxy groups -OCH3 is 1. The minimum Gasteiger partial charge on any atom is -0.497 e. The lowest BCUT2D eigenvalue weighted by Crippen LogP contribution is -2.48. The van der Waals surface area contributed by atoms with Crippen molar-refractivity contribution in [2.24, 2.45) is 0 Å². The molecule has 1 amide bonds. The minimum absolute atomic E-state index is 0.110. The van der Waals surface area contributed by atoms with Crippen molar-refractivity contribution in [3.63, 3.8) is 0 Å². The number of nitrogens with zero attached hydrogens (tertiary/aromatic N) is 1. The molecular weight excluding hydrogens is 416 g/mol. The molecule has 0 fully saturated rings. The van der Waals surface area contributed by atoms with Gasteiger partial charge in [0.25, 0.3) is 0 Å². The average Bonchev–Trinajstić information content (AvgIpc) is 2.70. The first-order valence-electron chi connectivity index (χ1n) is 10.3. The molecule has 1 N–H and O–H groups in total. The first-order valence-corrected chi connectivity index (χ1v) is 12.1. The standard InChI is InChI=1S/C23H32N2O5S/c1-17(2)30-22-13-6-9-19(15-22)10-8-14-24-23(26)18(3)25(31(5,27)28)20-11-7-12-21(16-20)29-4/h6-7,9,11-13,15-18H,8,10,14H2,1-5H3,(H,24,26). The number of nitrogens with one attached hydrogen (secondary N) is 1. The van der Waals surface area contributed by atoms with Crippen molar-refractivity contribution < 1.29 is 22.7 Å². The van der Waals surface area contributed by atoms with Crippen LogP contribution in [0.1, 0.15) is 32.8 Å². The fraction of sp³-hybridized carbons (Fsp3) is 0.435. The van der Waals surface area contributed by atoms with E-state index in [0.717, 1.165) is 34.7 Å². The van der Waals surface area contributed by atoms with Crippen LogP contribution in [0.4, 0.5) is 5.69 Å². The van der Waals surface area contributed by atoms with E-state index in [1.165, 1.54) is 7.11 Å². The predicted molar refractivity (Wildman–Crippen MR) is 123 cm³/mol. The van der Waals surface area contributed by atoms with Crippen LogP contribution in [0.15, 0.2) is 48.5 Å². The fourth-order valence-corrected chi connectivity index (χ4v) is 4.42. The molecule has 0 radical (unpaired) electrons. The van der Waals surface area contributed by atoms with Crippen LogP contribution in [0.3, 0.4) is 0 Å². The molecule has 0 aliphatic heterocycles. The van der Waals surface area contributed by atoms with Crippen molar-refractivity contribution in [1.29, 1.82) is 0 Å². The van der Waals surface area contributed by atoms with Gasteiger partial charge in [-0.15, -0.1) is 0 Å². The highest BCUT2D eigenvalue weighted by atomic mass is 32.2. The van der Waals surface area contributed by atoms with Gasteiger partial charge < -0.3 is 14.8 Å². The number of carbonyl (C=O) groups excluding carboxylic acids is 1. The van der Waals surface area contributed by atoms with Crippen molar-refractivity contribution in [3.05, 3.63) is 54.1 Å². The van der Waals surface area contributed by atoms with Crippen LogP contribution in [0.5, 0.6) is 11.5 Å². The Bertz CT molecular complexity index is 975. The number of sulfonamides is 1. The maximum atomic E-state index is 12.7. The van der Waals surface area contributed by atoms with E-state index in [4.69, 9.17) is 9.47 Å². The maximum absolute atomic E-state index is 12.7. The first-order chi connectivity index (χ1) is 14.6. The molecule has 1 atom stereocenters. The largest absolute Gasteiger partial charge is 0.497 e. The zero-order valence-corrected chi connectivity index (χ0v) is 19.6. The van der Waals surface area contributed by atoms with E-state index in [0.29, 0.717) is 18.0 Å². The molecule has 0 saturated carbocycles. The molecule has 0 bridgehead atoms. The molecular formula is C23H32N2O5S. The van der Waals surface area contributed by atoms with Crippen molar-refractivity contribution in [3.8, 4) is 11.5 Å². The molecule has 7 nitrogen and oxygen atoms in total. The highest BCUT2D eigenvalue weighted by Crippen LogP contribution is 2.25. The number of anilines is 1. The molecule has 0 aliphatic rings. The molecule has 0 aliphatic carbocycles.